The first-order valence-electron chi connectivity index (χ1n) is 5.63. The topological polar surface area (TPSA) is 64.3 Å². The normalized spacial score (nSPS) is 10.8. The zero-order valence-corrected chi connectivity index (χ0v) is 11.6. The van der Waals surface area contributed by atoms with Gasteiger partial charge in [0, 0.05) is 12.1 Å². The number of rotatable bonds is 3. The lowest BCUT2D eigenvalue weighted by molar-refractivity contribution is 0.0523. The molecule has 0 aliphatic rings. The highest BCUT2D eigenvalue weighted by Crippen LogP contribution is 2.08. The number of alkyl carbamates (subject to hydrolysis) is 1. The molecule has 0 radical (unpaired) electrons. The fourth-order valence-corrected chi connectivity index (χ4v) is 1.41. The Kier molecular flexibility index (Phi) is 4.67. The largest absolute Gasteiger partial charge is 0.444 e. The number of hydrogen-bond acceptors (Lipinski definition) is 3. The van der Waals surface area contributed by atoms with Crippen LogP contribution in [0.25, 0.3) is 0 Å². The summed E-state index contributed by atoms with van der Waals surface area (Å²) >= 11 is 4.86. The molecule has 1 aromatic rings. The van der Waals surface area contributed by atoms with Crippen molar-refractivity contribution in [3.8, 4) is 0 Å². The number of thiocarbonyl (C=S) groups is 1. The standard InChI is InChI=1S/C13H18N2O2S/c1-13(2,3)17-12(16)15-8-9-4-6-10(7-5-9)11(14)18/h4-7H,8H2,1-3H3,(H2,14,18)(H,15,16). The van der Waals surface area contributed by atoms with E-state index >= 15 is 0 Å². The average Bonchev–Trinajstić information content (AvgIpc) is 2.24. The molecule has 98 valence electrons. The summed E-state index contributed by atoms with van der Waals surface area (Å²) in [5.74, 6) is 0. The third-order valence-electron chi connectivity index (χ3n) is 2.07. The van der Waals surface area contributed by atoms with E-state index in [0.29, 0.717) is 11.5 Å². The molecule has 0 unspecified atom stereocenters. The maximum atomic E-state index is 11.4. The number of hydrogen-bond donors (Lipinski definition) is 2. The molecule has 0 aromatic heterocycles. The van der Waals surface area contributed by atoms with Gasteiger partial charge in [-0.1, -0.05) is 36.5 Å². The van der Waals surface area contributed by atoms with E-state index in [9.17, 15) is 4.79 Å². The highest BCUT2D eigenvalue weighted by Gasteiger charge is 2.15. The summed E-state index contributed by atoms with van der Waals surface area (Å²) in [5, 5.41) is 2.68. The van der Waals surface area contributed by atoms with Crippen molar-refractivity contribution in [1.29, 1.82) is 0 Å². The Hall–Kier alpha value is -1.62. The van der Waals surface area contributed by atoms with Gasteiger partial charge in [0.15, 0.2) is 0 Å². The molecule has 0 saturated heterocycles. The molecule has 0 heterocycles. The SMILES string of the molecule is CC(C)(C)OC(=O)NCc1ccc(C(N)=S)cc1. The molecule has 5 heteroatoms. The van der Waals surface area contributed by atoms with E-state index in [-0.39, 0.29) is 0 Å². The summed E-state index contributed by atoms with van der Waals surface area (Å²) in [6.45, 7) is 5.88. The number of carbonyl (C=O) groups is 1. The van der Waals surface area contributed by atoms with Crippen molar-refractivity contribution in [2.24, 2.45) is 5.73 Å². The third-order valence-corrected chi connectivity index (χ3v) is 2.31. The summed E-state index contributed by atoms with van der Waals surface area (Å²) in [6.07, 6.45) is -0.430. The quantitative estimate of drug-likeness (QED) is 0.824. The Labute approximate surface area is 113 Å². The van der Waals surface area contributed by atoms with Gasteiger partial charge in [0.1, 0.15) is 10.6 Å². The van der Waals surface area contributed by atoms with Crippen LogP contribution < -0.4 is 11.1 Å². The van der Waals surface area contributed by atoms with Crippen LogP contribution in [0, 0.1) is 0 Å². The van der Waals surface area contributed by atoms with Gasteiger partial charge in [-0.25, -0.2) is 4.79 Å². The summed E-state index contributed by atoms with van der Waals surface area (Å²) in [5.41, 5.74) is 6.78. The zero-order valence-electron chi connectivity index (χ0n) is 10.8. The molecular weight excluding hydrogens is 248 g/mol. The minimum Gasteiger partial charge on any atom is -0.444 e. The van der Waals surface area contributed by atoms with Crippen molar-refractivity contribution in [2.75, 3.05) is 0 Å². The van der Waals surface area contributed by atoms with Gasteiger partial charge in [0.05, 0.1) is 0 Å². The smallest absolute Gasteiger partial charge is 0.407 e. The molecule has 3 N–H and O–H groups in total. The highest BCUT2D eigenvalue weighted by atomic mass is 32.1. The number of carbonyl (C=O) groups excluding carboxylic acids is 1. The maximum Gasteiger partial charge on any atom is 0.407 e. The van der Waals surface area contributed by atoms with E-state index in [2.05, 4.69) is 5.32 Å². The van der Waals surface area contributed by atoms with Gasteiger partial charge in [-0.15, -0.1) is 0 Å². The Balaban J connectivity index is 2.49. The Morgan fingerprint density at radius 3 is 2.33 bits per heavy atom. The number of nitrogens with one attached hydrogen (secondary N) is 1. The minimum atomic E-state index is -0.486. The fraction of sp³-hybridized carbons (Fsp3) is 0.385. The van der Waals surface area contributed by atoms with Crippen LogP contribution in [0.5, 0.6) is 0 Å². The van der Waals surface area contributed by atoms with Gasteiger partial charge in [0.25, 0.3) is 0 Å². The van der Waals surface area contributed by atoms with Crippen LogP contribution >= 0.6 is 12.2 Å². The van der Waals surface area contributed by atoms with E-state index in [1.165, 1.54) is 0 Å². The molecule has 0 fully saturated rings. The van der Waals surface area contributed by atoms with Gasteiger partial charge in [-0.3, -0.25) is 0 Å². The van der Waals surface area contributed by atoms with E-state index in [0.717, 1.165) is 11.1 Å². The first-order valence-corrected chi connectivity index (χ1v) is 6.04. The monoisotopic (exact) mass is 266 g/mol. The lowest BCUT2D eigenvalue weighted by Crippen LogP contribution is -2.32. The predicted molar refractivity (Wildman–Crippen MR) is 75.4 cm³/mol. The molecule has 4 nitrogen and oxygen atoms in total. The van der Waals surface area contributed by atoms with E-state index < -0.39 is 11.7 Å². The van der Waals surface area contributed by atoms with E-state index in [1.54, 1.807) is 0 Å². The number of ether oxygens (including phenoxy) is 1. The Morgan fingerprint density at radius 1 is 1.33 bits per heavy atom. The summed E-state index contributed by atoms with van der Waals surface area (Å²) in [7, 11) is 0. The van der Waals surface area contributed by atoms with Crippen molar-refractivity contribution < 1.29 is 9.53 Å². The summed E-state index contributed by atoms with van der Waals surface area (Å²) in [6, 6.07) is 7.39. The highest BCUT2D eigenvalue weighted by molar-refractivity contribution is 7.80. The number of amides is 1. The van der Waals surface area contributed by atoms with Gasteiger partial charge in [0.2, 0.25) is 0 Å². The predicted octanol–water partition coefficient (Wildman–Crippen LogP) is 2.35. The van der Waals surface area contributed by atoms with Crippen LogP contribution in [0.15, 0.2) is 24.3 Å². The van der Waals surface area contributed by atoms with Gasteiger partial charge < -0.3 is 15.8 Å². The van der Waals surface area contributed by atoms with Crippen molar-refractivity contribution in [2.45, 2.75) is 32.9 Å². The fourth-order valence-electron chi connectivity index (χ4n) is 1.28. The van der Waals surface area contributed by atoms with Gasteiger partial charge in [-0.05, 0) is 26.3 Å². The van der Waals surface area contributed by atoms with Crippen LogP contribution in [-0.2, 0) is 11.3 Å². The Morgan fingerprint density at radius 2 is 1.89 bits per heavy atom. The molecule has 0 saturated carbocycles. The van der Waals surface area contributed by atoms with Crippen molar-refractivity contribution in [1.82, 2.24) is 5.32 Å². The molecule has 0 atom stereocenters. The summed E-state index contributed by atoms with van der Waals surface area (Å²) < 4.78 is 5.13. The molecular formula is C13H18N2O2S. The van der Waals surface area contributed by atoms with Crippen LogP contribution in [0.4, 0.5) is 4.79 Å². The minimum absolute atomic E-state index is 0.363. The van der Waals surface area contributed by atoms with Crippen molar-refractivity contribution >= 4 is 23.3 Å². The van der Waals surface area contributed by atoms with Crippen LogP contribution in [0.2, 0.25) is 0 Å². The van der Waals surface area contributed by atoms with Gasteiger partial charge >= 0.3 is 6.09 Å². The molecule has 18 heavy (non-hydrogen) atoms. The zero-order chi connectivity index (χ0) is 13.8. The third kappa shape index (κ3) is 5.14. The van der Waals surface area contributed by atoms with Crippen LogP contribution in [0.3, 0.4) is 0 Å². The molecule has 0 spiro atoms. The molecule has 0 aliphatic carbocycles. The molecule has 1 aromatic carbocycles. The lowest BCUT2D eigenvalue weighted by Gasteiger charge is -2.19. The second-order valence-corrected chi connectivity index (χ2v) is 5.36. The molecule has 0 aliphatic heterocycles. The lowest BCUT2D eigenvalue weighted by atomic mass is 10.1. The Bertz CT molecular complexity index is 435. The first-order chi connectivity index (χ1) is 8.28. The van der Waals surface area contributed by atoms with E-state index in [1.807, 2.05) is 45.0 Å². The second kappa shape index (κ2) is 5.82. The van der Waals surface area contributed by atoms with Crippen LogP contribution in [-0.4, -0.2) is 16.7 Å². The maximum absolute atomic E-state index is 11.4. The first kappa shape index (κ1) is 14.4. The van der Waals surface area contributed by atoms with Crippen molar-refractivity contribution in [3.63, 3.8) is 0 Å². The average molecular weight is 266 g/mol. The number of nitrogens with two attached hydrogens (primary N) is 1. The second-order valence-electron chi connectivity index (χ2n) is 4.92. The number of benzene rings is 1. The molecule has 1 rings (SSSR count). The molecule has 0 bridgehead atoms. The summed E-state index contributed by atoms with van der Waals surface area (Å²) in [4.78, 5) is 11.8. The molecule has 1 amide bonds. The van der Waals surface area contributed by atoms with Crippen molar-refractivity contribution in [3.05, 3.63) is 35.4 Å². The van der Waals surface area contributed by atoms with E-state index in [4.69, 9.17) is 22.7 Å². The van der Waals surface area contributed by atoms with Crippen LogP contribution in [0.1, 0.15) is 31.9 Å². The van der Waals surface area contributed by atoms with Gasteiger partial charge in [-0.2, -0.15) is 0 Å².